The molecule has 0 radical (unpaired) electrons. The number of hydrogen-bond acceptors (Lipinski definition) is 4. The van der Waals surface area contributed by atoms with Gasteiger partial charge >= 0.3 is 5.51 Å². The Labute approximate surface area is 149 Å². The van der Waals surface area contributed by atoms with Crippen LogP contribution in [0.15, 0.2) is 41.3 Å². The third-order valence-corrected chi connectivity index (χ3v) is 5.04. The van der Waals surface area contributed by atoms with Gasteiger partial charge in [-0.3, -0.25) is 4.79 Å². The van der Waals surface area contributed by atoms with Crippen LogP contribution in [0.3, 0.4) is 0 Å². The van der Waals surface area contributed by atoms with Gasteiger partial charge in [0.2, 0.25) is 0 Å². The van der Waals surface area contributed by atoms with Crippen LogP contribution in [-0.2, 0) is 9.84 Å². The Balaban J connectivity index is 2.34. The normalized spacial score (nSPS) is 12.0. The van der Waals surface area contributed by atoms with E-state index >= 15 is 0 Å². The lowest BCUT2D eigenvalue weighted by molar-refractivity contribution is -0.0436. The summed E-state index contributed by atoms with van der Waals surface area (Å²) in [6.07, 6.45) is 0. The second-order valence-corrected chi connectivity index (χ2v) is 7.49. The lowest BCUT2D eigenvalue weighted by Gasteiger charge is -2.12. The van der Waals surface area contributed by atoms with E-state index in [0.717, 1.165) is 6.07 Å². The lowest BCUT2D eigenvalue weighted by atomic mass is 10.2. The molecule has 0 aliphatic carbocycles. The minimum absolute atomic E-state index is 0.146. The van der Waals surface area contributed by atoms with Gasteiger partial charge in [-0.15, -0.1) is 0 Å². The third kappa shape index (κ3) is 4.00. The van der Waals surface area contributed by atoms with Crippen LogP contribution in [0.25, 0.3) is 0 Å². The van der Waals surface area contributed by atoms with Crippen LogP contribution in [0.2, 0.25) is 10.0 Å². The van der Waals surface area contributed by atoms with Crippen LogP contribution in [0.4, 0.5) is 18.9 Å². The molecular formula is C14H8Cl2F3NO4S. The highest BCUT2D eigenvalue weighted by Crippen LogP contribution is 2.34. The Morgan fingerprint density at radius 1 is 1.08 bits per heavy atom. The first kappa shape index (κ1) is 19.4. The number of nitrogens with one attached hydrogen (secondary N) is 1. The summed E-state index contributed by atoms with van der Waals surface area (Å²) in [5.74, 6) is -1.22. The zero-order chi connectivity index (χ0) is 19.0. The molecule has 0 atom stereocenters. The van der Waals surface area contributed by atoms with Crippen molar-refractivity contribution in [2.75, 3.05) is 5.32 Å². The molecule has 0 aliphatic heterocycles. The summed E-state index contributed by atoms with van der Waals surface area (Å²) in [7, 11) is -5.56. The second-order valence-electron chi connectivity index (χ2n) is 4.71. The largest absolute Gasteiger partial charge is 0.507 e. The predicted octanol–water partition coefficient (Wildman–Crippen LogP) is 4.24. The van der Waals surface area contributed by atoms with Gasteiger partial charge in [-0.2, -0.15) is 13.2 Å². The molecule has 5 nitrogen and oxygen atoms in total. The van der Waals surface area contributed by atoms with E-state index in [4.69, 9.17) is 23.2 Å². The quantitative estimate of drug-likeness (QED) is 0.787. The Bertz CT molecular complexity index is 946. The minimum atomic E-state index is -5.56. The van der Waals surface area contributed by atoms with Gasteiger partial charge in [0.25, 0.3) is 15.7 Å². The van der Waals surface area contributed by atoms with Crippen LogP contribution >= 0.6 is 23.2 Å². The highest BCUT2D eigenvalue weighted by Gasteiger charge is 2.47. The maximum Gasteiger partial charge on any atom is 0.501 e. The van der Waals surface area contributed by atoms with Gasteiger partial charge in [-0.1, -0.05) is 23.2 Å². The maximum atomic E-state index is 12.5. The molecule has 0 unspecified atom stereocenters. The number of hydrogen-bond donors (Lipinski definition) is 2. The summed E-state index contributed by atoms with van der Waals surface area (Å²) in [6, 6.07) is 5.82. The first-order chi connectivity index (χ1) is 11.4. The van der Waals surface area contributed by atoms with E-state index in [2.05, 4.69) is 5.32 Å². The topological polar surface area (TPSA) is 83.5 Å². The zero-order valence-corrected chi connectivity index (χ0v) is 14.3. The molecule has 2 aromatic carbocycles. The fraction of sp³-hybridized carbons (Fsp3) is 0.0714. The number of carbonyl (C=O) groups is 1. The molecule has 2 rings (SSSR count). The van der Waals surface area contributed by atoms with Crippen molar-refractivity contribution in [1.29, 1.82) is 0 Å². The highest BCUT2D eigenvalue weighted by atomic mass is 35.5. The minimum Gasteiger partial charge on any atom is -0.507 e. The van der Waals surface area contributed by atoms with Gasteiger partial charge < -0.3 is 10.4 Å². The molecule has 0 aliphatic rings. The fourth-order valence-electron chi connectivity index (χ4n) is 1.78. The van der Waals surface area contributed by atoms with Gasteiger partial charge in [0.15, 0.2) is 0 Å². The van der Waals surface area contributed by atoms with Crippen molar-refractivity contribution in [2.24, 2.45) is 0 Å². The van der Waals surface area contributed by atoms with Gasteiger partial charge in [-0.05, 0) is 36.4 Å². The average Bonchev–Trinajstić information content (AvgIpc) is 2.50. The molecule has 0 saturated carbocycles. The smallest absolute Gasteiger partial charge is 0.501 e. The number of phenolic OH excluding ortho intramolecular Hbond substituents is 1. The number of anilines is 1. The molecule has 1 amide bonds. The summed E-state index contributed by atoms with van der Waals surface area (Å²) in [5, 5.41) is 11.6. The molecule has 0 fully saturated rings. The Morgan fingerprint density at radius 2 is 1.72 bits per heavy atom. The van der Waals surface area contributed by atoms with Crippen LogP contribution in [-0.4, -0.2) is 24.9 Å². The standard InChI is InChI=1S/C14H8Cl2F3NO4S/c15-7-1-4-12(21)9(5-7)13(22)20-11-3-2-8(6-10(11)16)25(23,24)14(17,18)19/h1-6,21H,(H,20,22). The van der Waals surface area contributed by atoms with Crippen molar-refractivity contribution in [3.8, 4) is 5.75 Å². The molecule has 11 heteroatoms. The first-order valence-electron chi connectivity index (χ1n) is 6.34. The molecule has 2 aromatic rings. The molecule has 25 heavy (non-hydrogen) atoms. The summed E-state index contributed by atoms with van der Waals surface area (Å²) < 4.78 is 60.2. The zero-order valence-electron chi connectivity index (χ0n) is 11.9. The van der Waals surface area contributed by atoms with Gasteiger partial charge in [-0.25, -0.2) is 8.42 Å². The third-order valence-electron chi connectivity index (χ3n) is 3.01. The van der Waals surface area contributed by atoms with E-state index in [1.807, 2.05) is 0 Å². The van der Waals surface area contributed by atoms with Crippen LogP contribution in [0.5, 0.6) is 5.75 Å². The summed E-state index contributed by atoms with van der Waals surface area (Å²) >= 11 is 11.5. The van der Waals surface area contributed by atoms with Gasteiger partial charge in [0, 0.05) is 5.02 Å². The second kappa shape index (κ2) is 6.74. The van der Waals surface area contributed by atoms with Crippen molar-refractivity contribution in [1.82, 2.24) is 0 Å². The van der Waals surface area contributed by atoms with Crippen LogP contribution < -0.4 is 5.32 Å². The SMILES string of the molecule is O=C(Nc1ccc(S(=O)(=O)C(F)(F)F)cc1Cl)c1cc(Cl)ccc1O. The van der Waals surface area contributed by atoms with E-state index in [-0.39, 0.29) is 22.0 Å². The predicted molar refractivity (Wildman–Crippen MR) is 85.8 cm³/mol. The number of carbonyl (C=O) groups excluding carboxylic acids is 1. The Morgan fingerprint density at radius 3 is 2.28 bits per heavy atom. The van der Waals surface area contributed by atoms with Crippen molar-refractivity contribution in [3.63, 3.8) is 0 Å². The van der Waals surface area contributed by atoms with E-state index in [0.29, 0.717) is 12.1 Å². The summed E-state index contributed by atoms with van der Waals surface area (Å²) in [6.45, 7) is 0. The lowest BCUT2D eigenvalue weighted by Crippen LogP contribution is -2.23. The molecular weight excluding hydrogens is 406 g/mol. The molecule has 0 saturated heterocycles. The number of rotatable bonds is 3. The number of benzene rings is 2. The van der Waals surface area contributed by atoms with Crippen molar-refractivity contribution in [3.05, 3.63) is 52.0 Å². The van der Waals surface area contributed by atoms with E-state index in [1.165, 1.54) is 18.2 Å². The van der Waals surface area contributed by atoms with Gasteiger partial charge in [0.05, 0.1) is 21.2 Å². The monoisotopic (exact) mass is 413 g/mol. The van der Waals surface area contributed by atoms with Crippen LogP contribution in [0, 0.1) is 0 Å². The Hall–Kier alpha value is -1.97. The molecule has 134 valence electrons. The Kier molecular flexibility index (Phi) is 5.22. The number of sulfone groups is 1. The van der Waals surface area contributed by atoms with E-state index < -0.39 is 31.2 Å². The number of alkyl halides is 3. The first-order valence-corrected chi connectivity index (χ1v) is 8.58. The summed E-state index contributed by atoms with van der Waals surface area (Å²) in [5.41, 5.74) is -5.82. The van der Waals surface area contributed by atoms with Crippen molar-refractivity contribution < 1.29 is 31.5 Å². The molecule has 0 bridgehead atoms. The molecule has 2 N–H and O–H groups in total. The number of phenols is 1. The van der Waals surface area contributed by atoms with Crippen molar-refractivity contribution in [2.45, 2.75) is 10.4 Å². The van der Waals surface area contributed by atoms with E-state index in [1.54, 1.807) is 0 Å². The maximum absolute atomic E-state index is 12.5. The summed E-state index contributed by atoms with van der Waals surface area (Å²) in [4.78, 5) is 11.0. The van der Waals surface area contributed by atoms with Crippen LogP contribution in [0.1, 0.15) is 10.4 Å². The fourth-order valence-corrected chi connectivity index (χ4v) is 3.03. The van der Waals surface area contributed by atoms with E-state index in [9.17, 15) is 31.5 Å². The molecule has 0 spiro atoms. The number of amides is 1. The van der Waals surface area contributed by atoms with Crippen molar-refractivity contribution >= 4 is 44.6 Å². The average molecular weight is 414 g/mol. The number of halogens is 5. The number of aromatic hydroxyl groups is 1. The highest BCUT2D eigenvalue weighted by molar-refractivity contribution is 7.92. The molecule has 0 aromatic heterocycles. The molecule has 0 heterocycles. The van der Waals surface area contributed by atoms with Gasteiger partial charge in [0.1, 0.15) is 5.75 Å².